The van der Waals surface area contributed by atoms with E-state index >= 15 is 0 Å². The van der Waals surface area contributed by atoms with E-state index in [-0.39, 0.29) is 24.1 Å². The van der Waals surface area contributed by atoms with E-state index in [0.29, 0.717) is 5.69 Å². The summed E-state index contributed by atoms with van der Waals surface area (Å²) in [7, 11) is 0. The quantitative estimate of drug-likeness (QED) is 0.549. The van der Waals surface area contributed by atoms with Crippen molar-refractivity contribution < 1.29 is 9.18 Å². The van der Waals surface area contributed by atoms with Gasteiger partial charge >= 0.3 is 0 Å². The summed E-state index contributed by atoms with van der Waals surface area (Å²) in [6, 6.07) is 19.2. The highest BCUT2D eigenvalue weighted by molar-refractivity contribution is 5.91. The van der Waals surface area contributed by atoms with Crippen LogP contribution in [0.1, 0.15) is 5.56 Å². The summed E-state index contributed by atoms with van der Waals surface area (Å²) >= 11 is 0. The van der Waals surface area contributed by atoms with E-state index < -0.39 is 0 Å². The van der Waals surface area contributed by atoms with Crippen molar-refractivity contribution in [1.29, 1.82) is 0 Å². The topological polar surface area (TPSA) is 67.8 Å². The fourth-order valence-electron chi connectivity index (χ4n) is 2.96. The highest BCUT2D eigenvalue weighted by atomic mass is 19.1. The van der Waals surface area contributed by atoms with Crippen molar-refractivity contribution in [3.63, 3.8) is 0 Å². The number of aromatic nitrogens is 3. The molecule has 2 aromatic heterocycles. The fourth-order valence-corrected chi connectivity index (χ4v) is 2.96. The molecular formula is C23H17FN4O. The highest BCUT2D eigenvalue weighted by Crippen LogP contribution is 2.30. The molecule has 29 heavy (non-hydrogen) atoms. The summed E-state index contributed by atoms with van der Waals surface area (Å²) in [6.07, 6.45) is 5.20. The maximum atomic E-state index is 13.3. The fraction of sp³-hybridized carbons (Fsp3) is 0.0435. The Labute approximate surface area is 167 Å². The van der Waals surface area contributed by atoms with Gasteiger partial charge in [-0.3, -0.25) is 15.1 Å². The zero-order chi connectivity index (χ0) is 20.1. The van der Waals surface area contributed by atoms with Crippen molar-refractivity contribution in [3.05, 3.63) is 96.7 Å². The van der Waals surface area contributed by atoms with E-state index in [1.165, 1.54) is 12.1 Å². The Morgan fingerprint density at radius 3 is 2.34 bits per heavy atom. The van der Waals surface area contributed by atoms with Crippen LogP contribution in [0.5, 0.6) is 0 Å². The maximum absolute atomic E-state index is 13.3. The zero-order valence-corrected chi connectivity index (χ0v) is 15.4. The van der Waals surface area contributed by atoms with Gasteiger partial charge in [0, 0.05) is 29.7 Å². The molecule has 6 heteroatoms. The van der Waals surface area contributed by atoms with Gasteiger partial charge in [-0.05, 0) is 35.4 Å². The van der Waals surface area contributed by atoms with Gasteiger partial charge in [0.2, 0.25) is 11.9 Å². The lowest BCUT2D eigenvalue weighted by atomic mass is 10.0. The van der Waals surface area contributed by atoms with Gasteiger partial charge in [-0.2, -0.15) is 0 Å². The number of carbonyl (C=O) groups excluding carboxylic acids is 1. The largest absolute Gasteiger partial charge is 0.294 e. The normalized spacial score (nSPS) is 10.5. The van der Waals surface area contributed by atoms with Crippen molar-refractivity contribution in [3.8, 4) is 22.4 Å². The third-order valence-corrected chi connectivity index (χ3v) is 4.36. The Kier molecular flexibility index (Phi) is 5.33. The zero-order valence-electron chi connectivity index (χ0n) is 15.4. The Hall–Kier alpha value is -3.93. The summed E-state index contributed by atoms with van der Waals surface area (Å²) in [4.78, 5) is 25.3. The molecule has 4 aromatic rings. The second kappa shape index (κ2) is 8.39. The summed E-state index contributed by atoms with van der Waals surface area (Å²) in [5, 5.41) is 2.75. The minimum absolute atomic E-state index is 0.202. The number of amides is 1. The van der Waals surface area contributed by atoms with E-state index in [2.05, 4.69) is 20.3 Å². The van der Waals surface area contributed by atoms with Gasteiger partial charge in [0.05, 0.1) is 12.1 Å². The Balaban J connectivity index is 1.66. The van der Waals surface area contributed by atoms with Gasteiger partial charge in [0.1, 0.15) is 5.82 Å². The van der Waals surface area contributed by atoms with Crippen molar-refractivity contribution in [2.45, 2.75) is 6.42 Å². The molecule has 0 atom stereocenters. The molecule has 142 valence electrons. The number of nitrogens with one attached hydrogen (secondary N) is 1. The van der Waals surface area contributed by atoms with Crippen LogP contribution in [-0.2, 0) is 11.2 Å². The molecule has 4 rings (SSSR count). The van der Waals surface area contributed by atoms with Gasteiger partial charge in [-0.15, -0.1) is 0 Å². The van der Waals surface area contributed by atoms with E-state index in [1.54, 1.807) is 30.7 Å². The molecule has 0 spiro atoms. The van der Waals surface area contributed by atoms with Crippen LogP contribution < -0.4 is 5.32 Å². The minimum Gasteiger partial charge on any atom is -0.294 e. The predicted molar refractivity (Wildman–Crippen MR) is 109 cm³/mol. The van der Waals surface area contributed by atoms with Crippen LogP contribution in [0.2, 0.25) is 0 Å². The van der Waals surface area contributed by atoms with Crippen LogP contribution in [0.3, 0.4) is 0 Å². The molecule has 0 aliphatic carbocycles. The van der Waals surface area contributed by atoms with E-state index in [0.717, 1.165) is 22.3 Å². The molecule has 2 heterocycles. The number of pyridine rings is 1. The van der Waals surface area contributed by atoms with Crippen LogP contribution in [0.15, 0.2) is 85.3 Å². The van der Waals surface area contributed by atoms with Gasteiger partial charge < -0.3 is 0 Å². The van der Waals surface area contributed by atoms with Crippen molar-refractivity contribution in [2.24, 2.45) is 0 Å². The number of rotatable bonds is 5. The second-order valence-electron chi connectivity index (χ2n) is 6.41. The monoisotopic (exact) mass is 384 g/mol. The van der Waals surface area contributed by atoms with E-state index in [4.69, 9.17) is 0 Å². The average molecular weight is 384 g/mol. The first kappa shape index (κ1) is 18.4. The summed E-state index contributed by atoms with van der Waals surface area (Å²) < 4.78 is 13.3. The molecule has 0 radical (unpaired) electrons. The lowest BCUT2D eigenvalue weighted by molar-refractivity contribution is -0.115. The van der Waals surface area contributed by atoms with E-state index in [1.807, 2.05) is 42.5 Å². The molecular weight excluding hydrogens is 367 g/mol. The first-order chi connectivity index (χ1) is 14.2. The molecule has 0 unspecified atom stereocenters. The molecule has 0 bridgehead atoms. The van der Waals surface area contributed by atoms with Crippen LogP contribution in [-0.4, -0.2) is 20.9 Å². The van der Waals surface area contributed by atoms with Crippen molar-refractivity contribution in [2.75, 3.05) is 5.32 Å². The van der Waals surface area contributed by atoms with Gasteiger partial charge in [-0.1, -0.05) is 42.5 Å². The van der Waals surface area contributed by atoms with Gasteiger partial charge in [-0.25, -0.2) is 14.4 Å². The third-order valence-electron chi connectivity index (χ3n) is 4.36. The highest BCUT2D eigenvalue weighted by Gasteiger charge is 2.13. The Morgan fingerprint density at radius 1 is 0.897 bits per heavy atom. The number of nitrogens with zero attached hydrogens (tertiary/aromatic N) is 3. The van der Waals surface area contributed by atoms with Crippen LogP contribution in [0.4, 0.5) is 10.3 Å². The van der Waals surface area contributed by atoms with Crippen molar-refractivity contribution >= 4 is 11.9 Å². The standard InChI is InChI=1S/C23H17FN4O/c24-19-8-6-17(7-9-19)20-15-26-23(28-22(20)18-10-12-25-13-11-18)27-21(29)14-16-4-2-1-3-5-16/h1-13,15H,14H2,(H,26,27,28,29). The van der Waals surface area contributed by atoms with Gasteiger partial charge in [0.25, 0.3) is 0 Å². The van der Waals surface area contributed by atoms with Crippen LogP contribution in [0, 0.1) is 5.82 Å². The summed E-state index contributed by atoms with van der Waals surface area (Å²) in [5.41, 5.74) is 3.87. The number of hydrogen-bond donors (Lipinski definition) is 1. The SMILES string of the molecule is O=C(Cc1ccccc1)Nc1ncc(-c2ccc(F)cc2)c(-c2ccncc2)n1. The Bertz CT molecular complexity index is 1120. The second-order valence-corrected chi connectivity index (χ2v) is 6.41. The summed E-state index contributed by atoms with van der Waals surface area (Å²) in [5.74, 6) is -0.306. The number of anilines is 1. The average Bonchev–Trinajstić information content (AvgIpc) is 2.76. The number of benzene rings is 2. The number of halogens is 1. The molecule has 0 fully saturated rings. The van der Waals surface area contributed by atoms with Crippen LogP contribution >= 0.6 is 0 Å². The molecule has 1 amide bonds. The van der Waals surface area contributed by atoms with Gasteiger partial charge in [0.15, 0.2) is 0 Å². The van der Waals surface area contributed by atoms with Crippen LogP contribution in [0.25, 0.3) is 22.4 Å². The first-order valence-corrected chi connectivity index (χ1v) is 9.06. The maximum Gasteiger partial charge on any atom is 0.231 e. The lowest BCUT2D eigenvalue weighted by Crippen LogP contribution is -2.16. The molecule has 2 aromatic carbocycles. The van der Waals surface area contributed by atoms with E-state index in [9.17, 15) is 9.18 Å². The molecule has 0 saturated heterocycles. The summed E-state index contributed by atoms with van der Waals surface area (Å²) in [6.45, 7) is 0. The molecule has 1 N–H and O–H groups in total. The molecule has 0 aliphatic heterocycles. The Morgan fingerprint density at radius 2 is 1.62 bits per heavy atom. The first-order valence-electron chi connectivity index (χ1n) is 9.06. The lowest BCUT2D eigenvalue weighted by Gasteiger charge is -2.11. The predicted octanol–water partition coefficient (Wildman–Crippen LogP) is 4.53. The van der Waals surface area contributed by atoms with Crippen molar-refractivity contribution in [1.82, 2.24) is 15.0 Å². The molecule has 5 nitrogen and oxygen atoms in total. The molecule has 0 aliphatic rings. The smallest absolute Gasteiger partial charge is 0.231 e. The minimum atomic E-state index is -0.315. The number of carbonyl (C=O) groups is 1. The molecule has 0 saturated carbocycles. The number of hydrogen-bond acceptors (Lipinski definition) is 4. The third kappa shape index (κ3) is 4.50.